The molecule has 0 amide bonds. The molecule has 2 aromatic carbocycles. The zero-order valence-electron chi connectivity index (χ0n) is 12.2. The molecule has 0 bridgehead atoms. The van der Waals surface area contributed by atoms with Crippen molar-refractivity contribution < 1.29 is 0 Å². The van der Waals surface area contributed by atoms with Crippen LogP contribution < -0.4 is 9.05 Å². The van der Waals surface area contributed by atoms with Gasteiger partial charge in [-0.1, -0.05) is 0 Å². The van der Waals surface area contributed by atoms with E-state index in [0.717, 1.165) is 21.9 Å². The van der Waals surface area contributed by atoms with Gasteiger partial charge in [-0.15, -0.1) is 0 Å². The number of aromatic nitrogens is 2. The van der Waals surface area contributed by atoms with E-state index in [1.54, 1.807) is 0 Å². The molecule has 112 valence electrons. The van der Waals surface area contributed by atoms with E-state index in [2.05, 4.69) is 47.0 Å². The van der Waals surface area contributed by atoms with Gasteiger partial charge in [-0.2, -0.15) is 0 Å². The summed E-state index contributed by atoms with van der Waals surface area (Å²) in [4.78, 5) is 4.85. The molecule has 0 aliphatic rings. The predicted molar refractivity (Wildman–Crippen MR) is 97.1 cm³/mol. The van der Waals surface area contributed by atoms with E-state index in [9.17, 15) is 0 Å². The van der Waals surface area contributed by atoms with E-state index in [0.29, 0.717) is 0 Å². The Morgan fingerprint density at radius 2 is 1.57 bits per heavy atom. The van der Waals surface area contributed by atoms with E-state index in [1.165, 1.54) is 9.05 Å². The Hall–Kier alpha value is -2.06. The second kappa shape index (κ2) is 6.21. The summed E-state index contributed by atoms with van der Waals surface area (Å²) in [5.41, 5.74) is 3.20. The van der Waals surface area contributed by atoms with Crippen LogP contribution in [0.25, 0.3) is 16.9 Å². The van der Waals surface area contributed by atoms with Crippen LogP contribution in [0, 0.1) is 0 Å². The Morgan fingerprint density at radius 1 is 0.826 bits per heavy atom. The van der Waals surface area contributed by atoms with E-state index < -0.39 is 0 Å². The predicted octanol–water partition coefficient (Wildman–Crippen LogP) is 3.31. The van der Waals surface area contributed by atoms with Crippen LogP contribution in [0.3, 0.4) is 0 Å². The molecule has 4 heteroatoms. The van der Waals surface area contributed by atoms with Crippen molar-refractivity contribution >= 4 is 41.3 Å². The Bertz CT molecular complexity index is 946. The zero-order valence-corrected chi connectivity index (χ0v) is 14.7. The summed E-state index contributed by atoms with van der Waals surface area (Å²) < 4.78 is 4.73. The summed E-state index contributed by atoms with van der Waals surface area (Å²) in [6.07, 6.45) is 2.09. The van der Waals surface area contributed by atoms with Gasteiger partial charge in [-0.3, -0.25) is 0 Å². The number of halogens is 1. The van der Waals surface area contributed by atoms with Gasteiger partial charge in [0.05, 0.1) is 0 Å². The molecule has 0 saturated carbocycles. The number of hydrogen-bond acceptors (Lipinski definition) is 1. The summed E-state index contributed by atoms with van der Waals surface area (Å²) in [7, 11) is 0. The molecule has 0 atom stereocenters. The van der Waals surface area contributed by atoms with Crippen molar-refractivity contribution in [1.29, 1.82) is 0 Å². The van der Waals surface area contributed by atoms with Crippen molar-refractivity contribution in [3.05, 3.63) is 84.0 Å². The van der Waals surface area contributed by atoms with Crippen molar-refractivity contribution in [2.45, 2.75) is 0 Å². The van der Waals surface area contributed by atoms with Crippen molar-refractivity contribution in [2.24, 2.45) is 0 Å². The Morgan fingerprint density at radius 3 is 2.35 bits per heavy atom. The fourth-order valence-corrected chi connectivity index (χ4v) is 4.71. The SMILES string of the molecule is Clc1ccc([Se]c2c(-c3ccccc3)nc3ccccn23)cc1. The first-order chi connectivity index (χ1) is 11.3. The van der Waals surface area contributed by atoms with Gasteiger partial charge in [-0.05, 0) is 0 Å². The molecule has 0 radical (unpaired) electrons. The van der Waals surface area contributed by atoms with Gasteiger partial charge in [0, 0.05) is 0 Å². The van der Waals surface area contributed by atoms with E-state index in [1.807, 2.05) is 36.4 Å². The van der Waals surface area contributed by atoms with Crippen molar-refractivity contribution in [3.63, 3.8) is 0 Å². The van der Waals surface area contributed by atoms with Crippen molar-refractivity contribution in [3.8, 4) is 11.3 Å². The van der Waals surface area contributed by atoms with Gasteiger partial charge < -0.3 is 0 Å². The van der Waals surface area contributed by atoms with Crippen LogP contribution in [-0.4, -0.2) is 24.3 Å². The zero-order chi connectivity index (χ0) is 15.6. The average Bonchev–Trinajstić information content (AvgIpc) is 2.96. The minimum atomic E-state index is 0.149. The molecule has 0 aliphatic heterocycles. The minimum absolute atomic E-state index is 0.149. The summed E-state index contributed by atoms with van der Waals surface area (Å²) in [5.74, 6) is 0. The third-order valence-corrected chi connectivity index (χ3v) is 6.10. The number of hydrogen-bond donors (Lipinski definition) is 0. The van der Waals surface area contributed by atoms with Crippen LogP contribution in [-0.2, 0) is 0 Å². The number of nitrogens with zero attached hydrogens (tertiary/aromatic N) is 2. The molecule has 0 unspecified atom stereocenters. The van der Waals surface area contributed by atoms with Gasteiger partial charge in [0.1, 0.15) is 0 Å². The van der Waals surface area contributed by atoms with Crippen LogP contribution in [0.2, 0.25) is 5.02 Å². The maximum atomic E-state index is 6.01. The molecule has 0 aliphatic carbocycles. The van der Waals surface area contributed by atoms with Gasteiger partial charge in [-0.25, -0.2) is 0 Å². The quantitative estimate of drug-likeness (QED) is 0.496. The first-order valence-corrected chi connectivity index (χ1v) is 9.36. The number of imidazole rings is 1. The van der Waals surface area contributed by atoms with Crippen LogP contribution in [0.4, 0.5) is 0 Å². The second-order valence-electron chi connectivity index (χ2n) is 5.12. The first kappa shape index (κ1) is 14.5. The number of pyridine rings is 1. The van der Waals surface area contributed by atoms with Crippen LogP contribution in [0.1, 0.15) is 0 Å². The molecule has 0 saturated heterocycles. The molecule has 0 spiro atoms. The average molecular weight is 384 g/mol. The third kappa shape index (κ3) is 2.91. The van der Waals surface area contributed by atoms with Crippen molar-refractivity contribution in [1.82, 2.24) is 9.38 Å². The molecule has 0 fully saturated rings. The molecule has 4 rings (SSSR count). The monoisotopic (exact) mass is 384 g/mol. The molecule has 2 nitrogen and oxygen atoms in total. The molecular weight excluding hydrogens is 371 g/mol. The normalized spacial score (nSPS) is 11.0. The number of benzene rings is 2. The summed E-state index contributed by atoms with van der Waals surface area (Å²) in [5, 5.41) is 0.769. The molecule has 2 aromatic heterocycles. The third-order valence-electron chi connectivity index (χ3n) is 3.56. The van der Waals surface area contributed by atoms with Crippen molar-refractivity contribution in [2.75, 3.05) is 0 Å². The Labute approximate surface area is 145 Å². The summed E-state index contributed by atoms with van der Waals surface area (Å²) in [6, 6.07) is 24.6. The summed E-state index contributed by atoms with van der Waals surface area (Å²) in [6.45, 7) is 0. The Kier molecular flexibility index (Phi) is 3.92. The van der Waals surface area contributed by atoms with Gasteiger partial charge >= 0.3 is 146 Å². The van der Waals surface area contributed by atoms with E-state index in [4.69, 9.17) is 16.6 Å². The maximum absolute atomic E-state index is 6.01. The number of fused-ring (bicyclic) bond motifs is 1. The molecule has 2 heterocycles. The summed E-state index contributed by atoms with van der Waals surface area (Å²) >= 11 is 6.15. The van der Waals surface area contributed by atoms with Gasteiger partial charge in [0.15, 0.2) is 0 Å². The topological polar surface area (TPSA) is 17.3 Å². The van der Waals surface area contributed by atoms with Crippen LogP contribution in [0.5, 0.6) is 0 Å². The van der Waals surface area contributed by atoms with Gasteiger partial charge in [0.25, 0.3) is 0 Å². The van der Waals surface area contributed by atoms with E-state index >= 15 is 0 Å². The van der Waals surface area contributed by atoms with Gasteiger partial charge in [0.2, 0.25) is 0 Å². The molecule has 4 aromatic rings. The second-order valence-corrected chi connectivity index (χ2v) is 7.78. The fraction of sp³-hybridized carbons (Fsp3) is 0. The molecule has 23 heavy (non-hydrogen) atoms. The first-order valence-electron chi connectivity index (χ1n) is 7.27. The van der Waals surface area contributed by atoms with Crippen LogP contribution in [0.15, 0.2) is 79.0 Å². The van der Waals surface area contributed by atoms with E-state index in [-0.39, 0.29) is 15.0 Å². The number of rotatable bonds is 3. The standard InChI is InChI=1S/C19H13ClN2Se/c20-15-9-11-16(12-10-15)23-19-18(14-6-2-1-3-7-14)21-17-8-4-5-13-22(17)19/h1-13H. The molecular formula is C19H13ClN2Se. The molecule has 0 N–H and O–H groups in total. The van der Waals surface area contributed by atoms with Crippen LogP contribution >= 0.6 is 11.6 Å². The fourth-order valence-electron chi connectivity index (χ4n) is 2.47. The Balaban J connectivity index is 1.87.